The molecular weight excluding hydrogens is 198 g/mol. The lowest BCUT2D eigenvalue weighted by molar-refractivity contribution is -0.0583. The summed E-state index contributed by atoms with van der Waals surface area (Å²) >= 11 is 0. The minimum absolute atomic E-state index is 0. The molecule has 3 heteroatoms. The van der Waals surface area contributed by atoms with E-state index in [1.54, 1.807) is 0 Å². The summed E-state index contributed by atoms with van der Waals surface area (Å²) in [5.74, 6) is 6.44. The van der Waals surface area contributed by atoms with Gasteiger partial charge in [-0.1, -0.05) is 0 Å². The second-order valence-electron chi connectivity index (χ2n) is 6.10. The van der Waals surface area contributed by atoms with Crippen LogP contribution in [0.5, 0.6) is 0 Å². The zero-order valence-electron chi connectivity index (χ0n) is 7.91. The van der Waals surface area contributed by atoms with E-state index in [1.807, 2.05) is 0 Å². The minimum Gasteiger partial charge on any atom is -0.393 e. The Kier molecular flexibility index (Phi) is 1.21. The Morgan fingerprint density at radius 3 is 2.29 bits per heavy atom. The summed E-state index contributed by atoms with van der Waals surface area (Å²) in [7, 11) is 0. The van der Waals surface area contributed by atoms with Gasteiger partial charge in [-0.25, -0.2) is 0 Å². The van der Waals surface area contributed by atoms with E-state index >= 15 is 0 Å². The molecule has 2 bridgehead atoms. The fourth-order valence-corrected chi connectivity index (χ4v) is 6.55. The van der Waals surface area contributed by atoms with E-state index in [4.69, 9.17) is 5.73 Å². The van der Waals surface area contributed by atoms with Crippen molar-refractivity contribution in [1.29, 1.82) is 0 Å². The van der Waals surface area contributed by atoms with Gasteiger partial charge in [0.15, 0.2) is 0 Å². The van der Waals surface area contributed by atoms with Crippen LogP contribution in [0.1, 0.15) is 6.42 Å². The van der Waals surface area contributed by atoms with Crippen molar-refractivity contribution in [2.45, 2.75) is 18.6 Å². The number of rotatable bonds is 0. The largest absolute Gasteiger partial charge is 0.393 e. The molecule has 5 aliphatic carbocycles. The van der Waals surface area contributed by atoms with Gasteiger partial charge in [-0.3, -0.25) is 0 Å². The van der Waals surface area contributed by atoms with Crippen LogP contribution in [0, 0.1) is 47.3 Å². The van der Waals surface area contributed by atoms with Crippen molar-refractivity contribution in [3.8, 4) is 0 Å². The molecule has 0 aromatic rings. The van der Waals surface area contributed by atoms with Crippen LogP contribution in [0.4, 0.5) is 0 Å². The lowest BCUT2D eigenvalue weighted by Gasteiger charge is -2.48. The molecule has 0 spiro atoms. The second kappa shape index (κ2) is 2.02. The summed E-state index contributed by atoms with van der Waals surface area (Å²) in [6.07, 6.45) is 1.47. The van der Waals surface area contributed by atoms with Crippen molar-refractivity contribution in [3.63, 3.8) is 0 Å². The van der Waals surface area contributed by atoms with Crippen LogP contribution >= 0.6 is 12.4 Å². The van der Waals surface area contributed by atoms with E-state index in [2.05, 4.69) is 0 Å². The summed E-state index contributed by atoms with van der Waals surface area (Å²) in [5.41, 5.74) is 6.29. The number of fused-ring (bicyclic) bond motifs is 2. The van der Waals surface area contributed by atoms with Crippen LogP contribution in [0.2, 0.25) is 0 Å². The van der Waals surface area contributed by atoms with Gasteiger partial charge in [0.1, 0.15) is 0 Å². The molecule has 0 aromatic carbocycles. The van der Waals surface area contributed by atoms with E-state index in [1.165, 1.54) is 6.42 Å². The van der Waals surface area contributed by atoms with Crippen LogP contribution < -0.4 is 5.73 Å². The van der Waals surface area contributed by atoms with E-state index in [0.717, 1.165) is 35.5 Å². The Balaban J connectivity index is 0.000000578. The zero-order chi connectivity index (χ0) is 8.48. The van der Waals surface area contributed by atoms with Crippen molar-refractivity contribution >= 4 is 12.4 Å². The molecule has 10 atom stereocenters. The molecule has 5 aliphatic rings. The Hall–Kier alpha value is 0.210. The Labute approximate surface area is 89.6 Å². The molecule has 10 unspecified atom stereocenters. The first-order valence-corrected chi connectivity index (χ1v) is 5.74. The Morgan fingerprint density at radius 1 is 0.857 bits per heavy atom. The van der Waals surface area contributed by atoms with Gasteiger partial charge in [0, 0.05) is 6.04 Å². The number of aliphatic hydroxyl groups excluding tert-OH is 1. The van der Waals surface area contributed by atoms with Gasteiger partial charge in [0.05, 0.1) is 6.10 Å². The fourth-order valence-electron chi connectivity index (χ4n) is 6.55. The summed E-state index contributed by atoms with van der Waals surface area (Å²) < 4.78 is 0. The molecule has 0 aliphatic heterocycles. The van der Waals surface area contributed by atoms with Crippen LogP contribution in [-0.2, 0) is 0 Å². The van der Waals surface area contributed by atoms with E-state index in [0.29, 0.717) is 17.9 Å². The van der Waals surface area contributed by atoms with Crippen LogP contribution in [0.25, 0.3) is 0 Å². The summed E-state index contributed by atoms with van der Waals surface area (Å²) in [6.45, 7) is 0. The van der Waals surface area contributed by atoms with E-state index in [9.17, 15) is 5.11 Å². The molecule has 0 radical (unpaired) electrons. The predicted octanol–water partition coefficient (Wildman–Crippen LogP) is 0.484. The van der Waals surface area contributed by atoms with Crippen molar-refractivity contribution in [1.82, 2.24) is 0 Å². The van der Waals surface area contributed by atoms with E-state index < -0.39 is 0 Å². The van der Waals surface area contributed by atoms with Gasteiger partial charge in [-0.15, -0.1) is 12.4 Å². The highest BCUT2D eigenvalue weighted by molar-refractivity contribution is 5.85. The van der Waals surface area contributed by atoms with Gasteiger partial charge in [0.2, 0.25) is 0 Å². The zero-order valence-corrected chi connectivity index (χ0v) is 8.73. The van der Waals surface area contributed by atoms with Gasteiger partial charge in [-0.2, -0.15) is 0 Å². The normalized spacial score (nSPS) is 79.3. The Bertz CT molecular complexity index is 288. The van der Waals surface area contributed by atoms with Crippen molar-refractivity contribution < 1.29 is 5.11 Å². The lowest BCUT2D eigenvalue weighted by Crippen LogP contribution is -2.54. The fraction of sp³-hybridized carbons (Fsp3) is 1.00. The maximum Gasteiger partial charge on any atom is 0.0608 e. The molecule has 0 heterocycles. The summed E-state index contributed by atoms with van der Waals surface area (Å²) in [5, 5.41) is 10.2. The topological polar surface area (TPSA) is 46.2 Å². The number of hydrogen-bond donors (Lipinski definition) is 2. The lowest BCUT2D eigenvalue weighted by atomic mass is 9.58. The second-order valence-corrected chi connectivity index (χ2v) is 6.10. The first-order chi connectivity index (χ1) is 6.30. The summed E-state index contributed by atoms with van der Waals surface area (Å²) in [4.78, 5) is 0. The van der Waals surface area contributed by atoms with Crippen LogP contribution in [-0.4, -0.2) is 17.3 Å². The molecule has 0 saturated heterocycles. The average Bonchev–Trinajstić information content (AvgIpc) is 2.52. The first-order valence-electron chi connectivity index (χ1n) is 5.74. The maximum absolute atomic E-state index is 10.2. The predicted molar refractivity (Wildman–Crippen MR) is 53.8 cm³/mol. The minimum atomic E-state index is 0. The average molecular weight is 214 g/mol. The van der Waals surface area contributed by atoms with Gasteiger partial charge < -0.3 is 10.8 Å². The monoisotopic (exact) mass is 213 g/mol. The molecule has 78 valence electrons. The molecule has 5 fully saturated rings. The quantitative estimate of drug-likeness (QED) is 0.615. The maximum atomic E-state index is 10.2. The highest BCUT2D eigenvalue weighted by Gasteiger charge is 2.82. The van der Waals surface area contributed by atoms with Crippen molar-refractivity contribution in [3.05, 3.63) is 0 Å². The third-order valence-electron chi connectivity index (χ3n) is 6.42. The van der Waals surface area contributed by atoms with Gasteiger partial charge >= 0.3 is 0 Å². The number of halogens is 1. The van der Waals surface area contributed by atoms with E-state index in [-0.39, 0.29) is 18.5 Å². The molecule has 5 rings (SSSR count). The molecule has 3 N–H and O–H groups in total. The Morgan fingerprint density at radius 2 is 1.50 bits per heavy atom. The number of aliphatic hydroxyl groups is 1. The van der Waals surface area contributed by atoms with Crippen LogP contribution in [0.15, 0.2) is 0 Å². The van der Waals surface area contributed by atoms with Gasteiger partial charge in [-0.05, 0) is 53.8 Å². The molecule has 2 nitrogen and oxygen atoms in total. The molecule has 5 saturated carbocycles. The third kappa shape index (κ3) is 0.486. The van der Waals surface area contributed by atoms with Crippen molar-refractivity contribution in [2.75, 3.05) is 0 Å². The first kappa shape index (κ1) is 8.37. The molecule has 14 heavy (non-hydrogen) atoms. The highest BCUT2D eigenvalue weighted by Crippen LogP contribution is 2.82. The number of hydrogen-bond acceptors (Lipinski definition) is 2. The molecule has 0 aromatic heterocycles. The standard InChI is InChI=1S/C11H15NO.ClH/c12-10-6-2-1-3-5-4(2)8(10)9(5)11(13)7(3)6;/h2-11,13H,1,12H2;1H. The van der Waals surface area contributed by atoms with Crippen molar-refractivity contribution in [2.24, 2.45) is 53.1 Å². The molecular formula is C11H16ClNO. The third-order valence-corrected chi connectivity index (χ3v) is 6.42. The SMILES string of the molecule is Cl.NC1C2C3CC4C2C(O)C2C1C3C42. The van der Waals surface area contributed by atoms with Gasteiger partial charge in [0.25, 0.3) is 0 Å². The molecule has 0 amide bonds. The van der Waals surface area contributed by atoms with Crippen LogP contribution in [0.3, 0.4) is 0 Å². The summed E-state index contributed by atoms with van der Waals surface area (Å²) in [6, 6.07) is 0.470. The highest BCUT2D eigenvalue weighted by atomic mass is 35.5. The number of nitrogens with two attached hydrogens (primary N) is 1. The smallest absolute Gasteiger partial charge is 0.0608 e.